The Hall–Kier alpha value is -3.90. The number of amides is 1. The molecule has 1 aliphatic heterocycles. The van der Waals surface area contributed by atoms with Gasteiger partial charge >= 0.3 is 0 Å². The van der Waals surface area contributed by atoms with E-state index in [2.05, 4.69) is 4.98 Å². The molecule has 0 fully saturated rings. The third-order valence-electron chi connectivity index (χ3n) is 5.88. The third kappa shape index (κ3) is 3.35. The Bertz CT molecular complexity index is 1330. The van der Waals surface area contributed by atoms with Gasteiger partial charge in [-0.15, -0.1) is 0 Å². The monoisotopic (exact) mass is 425 g/mol. The molecule has 6 heteroatoms. The number of anilines is 1. The molecule has 0 spiro atoms. The Morgan fingerprint density at radius 2 is 1.91 bits per heavy atom. The minimum Gasteiger partial charge on any atom is -0.494 e. The van der Waals surface area contributed by atoms with E-state index in [4.69, 9.17) is 4.74 Å². The van der Waals surface area contributed by atoms with Crippen LogP contribution in [0.15, 0.2) is 73.2 Å². The quantitative estimate of drug-likeness (QED) is 0.511. The number of aromatic nitrogens is 2. The molecule has 0 saturated carbocycles. The van der Waals surface area contributed by atoms with E-state index in [1.54, 1.807) is 18.3 Å². The van der Waals surface area contributed by atoms with Gasteiger partial charge in [0.2, 0.25) is 0 Å². The summed E-state index contributed by atoms with van der Waals surface area (Å²) in [6.45, 7) is 2.39. The Morgan fingerprint density at radius 3 is 2.66 bits per heavy atom. The SMILES string of the molecule is COc1cc(N2Cc3ccc(-c4ccccc4CO)cc3C2=O)ccc1-n1cnc(C)c1. The molecule has 0 radical (unpaired) electrons. The number of aliphatic hydroxyl groups excluding tert-OH is 1. The van der Waals surface area contributed by atoms with Crippen LogP contribution in [0.4, 0.5) is 5.69 Å². The van der Waals surface area contributed by atoms with E-state index in [1.807, 2.05) is 78.4 Å². The highest BCUT2D eigenvalue weighted by atomic mass is 16.5. The molecule has 3 aromatic carbocycles. The fourth-order valence-corrected chi connectivity index (χ4v) is 4.22. The van der Waals surface area contributed by atoms with Crippen LogP contribution in [-0.4, -0.2) is 27.7 Å². The molecule has 2 heterocycles. The first-order valence-corrected chi connectivity index (χ1v) is 10.4. The lowest BCUT2D eigenvalue weighted by molar-refractivity contribution is 0.0996. The number of imidazole rings is 1. The van der Waals surface area contributed by atoms with Crippen molar-refractivity contribution in [2.75, 3.05) is 12.0 Å². The number of rotatable bonds is 5. The van der Waals surface area contributed by atoms with Crippen LogP contribution in [0.1, 0.15) is 27.2 Å². The number of aryl methyl sites for hydroxylation is 1. The van der Waals surface area contributed by atoms with E-state index in [0.717, 1.165) is 39.3 Å². The lowest BCUT2D eigenvalue weighted by atomic mass is 9.97. The molecule has 32 heavy (non-hydrogen) atoms. The summed E-state index contributed by atoms with van der Waals surface area (Å²) >= 11 is 0. The van der Waals surface area contributed by atoms with Gasteiger partial charge in [-0.05, 0) is 47.4 Å². The summed E-state index contributed by atoms with van der Waals surface area (Å²) in [5.74, 6) is 0.623. The normalized spacial score (nSPS) is 12.8. The molecular formula is C26H23N3O3. The molecule has 1 N–H and O–H groups in total. The van der Waals surface area contributed by atoms with Gasteiger partial charge in [0.1, 0.15) is 5.75 Å². The van der Waals surface area contributed by atoms with Crippen molar-refractivity contribution in [3.63, 3.8) is 0 Å². The van der Waals surface area contributed by atoms with Crippen LogP contribution in [0.5, 0.6) is 5.75 Å². The molecule has 0 bridgehead atoms. The maximum atomic E-state index is 13.3. The molecule has 160 valence electrons. The van der Waals surface area contributed by atoms with Crippen molar-refractivity contribution in [2.45, 2.75) is 20.1 Å². The van der Waals surface area contributed by atoms with Crippen molar-refractivity contribution < 1.29 is 14.6 Å². The van der Waals surface area contributed by atoms with Gasteiger partial charge in [-0.1, -0.05) is 36.4 Å². The molecule has 1 aliphatic rings. The van der Waals surface area contributed by atoms with Crippen LogP contribution in [0.2, 0.25) is 0 Å². The van der Waals surface area contributed by atoms with Crippen molar-refractivity contribution in [2.24, 2.45) is 0 Å². The number of hydrogen-bond donors (Lipinski definition) is 1. The number of hydrogen-bond acceptors (Lipinski definition) is 4. The number of nitrogens with zero attached hydrogens (tertiary/aromatic N) is 3. The van der Waals surface area contributed by atoms with E-state index in [1.165, 1.54) is 0 Å². The van der Waals surface area contributed by atoms with Crippen molar-refractivity contribution in [3.8, 4) is 22.6 Å². The number of aliphatic hydroxyl groups is 1. The van der Waals surface area contributed by atoms with Crippen LogP contribution < -0.4 is 9.64 Å². The fourth-order valence-electron chi connectivity index (χ4n) is 4.22. The first kappa shape index (κ1) is 20.0. The van der Waals surface area contributed by atoms with Crippen LogP contribution >= 0.6 is 0 Å². The summed E-state index contributed by atoms with van der Waals surface area (Å²) in [7, 11) is 1.62. The number of fused-ring (bicyclic) bond motifs is 1. The zero-order chi connectivity index (χ0) is 22.2. The third-order valence-corrected chi connectivity index (χ3v) is 5.88. The number of ether oxygens (including phenoxy) is 1. The summed E-state index contributed by atoms with van der Waals surface area (Å²) in [6.07, 6.45) is 3.68. The summed E-state index contributed by atoms with van der Waals surface area (Å²) in [4.78, 5) is 19.4. The zero-order valence-corrected chi connectivity index (χ0v) is 17.9. The van der Waals surface area contributed by atoms with Gasteiger partial charge in [0.15, 0.2) is 0 Å². The predicted molar refractivity (Wildman–Crippen MR) is 123 cm³/mol. The van der Waals surface area contributed by atoms with Gasteiger partial charge in [0.25, 0.3) is 5.91 Å². The first-order chi connectivity index (χ1) is 15.6. The van der Waals surface area contributed by atoms with Gasteiger partial charge in [-0.2, -0.15) is 0 Å². The number of benzene rings is 3. The van der Waals surface area contributed by atoms with E-state index < -0.39 is 0 Å². The second-order valence-corrected chi connectivity index (χ2v) is 7.86. The molecule has 0 atom stereocenters. The van der Waals surface area contributed by atoms with Crippen molar-refractivity contribution in [3.05, 3.63) is 95.6 Å². The summed E-state index contributed by atoms with van der Waals surface area (Å²) in [5, 5.41) is 9.68. The van der Waals surface area contributed by atoms with E-state index in [0.29, 0.717) is 17.9 Å². The molecule has 4 aromatic rings. The minimum absolute atomic E-state index is 0.0448. The average molecular weight is 425 g/mol. The van der Waals surface area contributed by atoms with Crippen LogP contribution in [0, 0.1) is 6.92 Å². The standard InChI is InChI=1S/C26H23N3O3/c1-17-13-28(16-27-17)24-10-9-21(12-25(24)32-2)29-14-19-8-7-18(11-23(19)26(29)31)22-6-4-3-5-20(22)15-30/h3-13,16,30H,14-15H2,1-2H3. The van der Waals surface area contributed by atoms with Crippen LogP contribution in [-0.2, 0) is 13.2 Å². The number of carbonyl (C=O) groups is 1. The molecule has 6 nitrogen and oxygen atoms in total. The summed E-state index contributed by atoms with van der Waals surface area (Å²) < 4.78 is 7.52. The highest BCUT2D eigenvalue weighted by molar-refractivity contribution is 6.10. The topological polar surface area (TPSA) is 67.6 Å². The molecular weight excluding hydrogens is 402 g/mol. The van der Waals surface area contributed by atoms with Crippen molar-refractivity contribution in [1.82, 2.24) is 9.55 Å². The molecule has 0 aliphatic carbocycles. The van der Waals surface area contributed by atoms with Gasteiger partial charge < -0.3 is 19.3 Å². The van der Waals surface area contributed by atoms with Crippen LogP contribution in [0.25, 0.3) is 16.8 Å². The highest BCUT2D eigenvalue weighted by Crippen LogP contribution is 2.35. The number of carbonyl (C=O) groups excluding carboxylic acids is 1. The summed E-state index contributed by atoms with van der Waals surface area (Å²) in [5.41, 5.74) is 6.92. The summed E-state index contributed by atoms with van der Waals surface area (Å²) in [6, 6.07) is 19.4. The van der Waals surface area contributed by atoms with Gasteiger partial charge in [-0.25, -0.2) is 4.98 Å². The van der Waals surface area contributed by atoms with Crippen LogP contribution in [0.3, 0.4) is 0 Å². The average Bonchev–Trinajstić information content (AvgIpc) is 3.41. The fraction of sp³-hybridized carbons (Fsp3) is 0.154. The highest BCUT2D eigenvalue weighted by Gasteiger charge is 2.29. The smallest absolute Gasteiger partial charge is 0.258 e. The lowest BCUT2D eigenvalue weighted by Crippen LogP contribution is -2.23. The van der Waals surface area contributed by atoms with Crippen molar-refractivity contribution in [1.29, 1.82) is 0 Å². The predicted octanol–water partition coefficient (Wildman–Crippen LogP) is 4.51. The Labute approximate surface area is 186 Å². The Kier molecular flexibility index (Phi) is 4.99. The Morgan fingerprint density at radius 1 is 1.06 bits per heavy atom. The molecule has 1 amide bonds. The second-order valence-electron chi connectivity index (χ2n) is 7.86. The Balaban J connectivity index is 1.49. The minimum atomic E-state index is -0.0457. The first-order valence-electron chi connectivity index (χ1n) is 10.4. The largest absolute Gasteiger partial charge is 0.494 e. The van der Waals surface area contributed by atoms with Gasteiger partial charge in [0.05, 0.1) is 38.0 Å². The zero-order valence-electron chi connectivity index (χ0n) is 17.9. The number of methoxy groups -OCH3 is 1. The second kappa shape index (κ2) is 7.98. The van der Waals surface area contributed by atoms with E-state index in [9.17, 15) is 9.90 Å². The maximum Gasteiger partial charge on any atom is 0.258 e. The van der Waals surface area contributed by atoms with Gasteiger partial charge in [-0.3, -0.25) is 4.79 Å². The maximum absolute atomic E-state index is 13.3. The van der Waals surface area contributed by atoms with Crippen molar-refractivity contribution >= 4 is 11.6 Å². The molecule has 0 saturated heterocycles. The van der Waals surface area contributed by atoms with Gasteiger partial charge in [0, 0.05) is 23.5 Å². The van der Waals surface area contributed by atoms with E-state index in [-0.39, 0.29) is 12.5 Å². The molecule has 1 aromatic heterocycles. The van der Waals surface area contributed by atoms with E-state index >= 15 is 0 Å². The lowest BCUT2D eigenvalue weighted by Gasteiger charge is -2.18. The molecule has 5 rings (SSSR count). The molecule has 0 unspecified atom stereocenters.